The number of piperidine rings is 1. The van der Waals surface area contributed by atoms with Gasteiger partial charge in [-0.25, -0.2) is 0 Å². The Morgan fingerprint density at radius 2 is 2.12 bits per heavy atom. The largest absolute Gasteiger partial charge is 0.480 e. The van der Waals surface area contributed by atoms with Crippen molar-refractivity contribution in [2.24, 2.45) is 0 Å². The summed E-state index contributed by atoms with van der Waals surface area (Å²) in [7, 11) is 1.73. The molecule has 2 aliphatic rings. The third-order valence-corrected chi connectivity index (χ3v) is 5.42. The van der Waals surface area contributed by atoms with Gasteiger partial charge in [-0.3, -0.25) is 4.90 Å². The molecule has 0 aliphatic carbocycles. The van der Waals surface area contributed by atoms with E-state index in [0.29, 0.717) is 18.4 Å². The van der Waals surface area contributed by atoms with Gasteiger partial charge in [0.2, 0.25) is 5.89 Å². The van der Waals surface area contributed by atoms with Crippen molar-refractivity contribution in [1.29, 1.82) is 0 Å². The zero-order chi connectivity index (χ0) is 17.9. The van der Waals surface area contributed by atoms with Gasteiger partial charge in [-0.1, -0.05) is 18.0 Å². The molecule has 0 N–H and O–H groups in total. The van der Waals surface area contributed by atoms with Crippen LogP contribution in [0.4, 0.5) is 0 Å². The van der Waals surface area contributed by atoms with Crippen LogP contribution in [0.3, 0.4) is 0 Å². The van der Waals surface area contributed by atoms with Gasteiger partial charge in [-0.2, -0.15) is 0 Å². The van der Waals surface area contributed by atoms with Crippen LogP contribution < -0.4 is 4.74 Å². The molecule has 0 spiro atoms. The van der Waals surface area contributed by atoms with Crippen LogP contribution >= 0.6 is 11.6 Å². The Balaban J connectivity index is 1.48. The molecule has 0 radical (unpaired) electrons. The Morgan fingerprint density at radius 3 is 3.00 bits per heavy atom. The highest BCUT2D eigenvalue weighted by atomic mass is 35.5. The quantitative estimate of drug-likeness (QED) is 0.785. The Kier molecular flexibility index (Phi) is 5.43. The van der Waals surface area contributed by atoms with Crippen molar-refractivity contribution in [2.45, 2.75) is 44.2 Å². The van der Waals surface area contributed by atoms with E-state index in [1.165, 1.54) is 12.8 Å². The number of hydrogen-bond acceptors (Lipinski definition) is 6. The van der Waals surface area contributed by atoms with Crippen molar-refractivity contribution in [2.75, 3.05) is 26.8 Å². The average molecular weight is 378 g/mol. The zero-order valence-corrected chi connectivity index (χ0v) is 15.7. The van der Waals surface area contributed by atoms with E-state index in [4.69, 9.17) is 25.5 Å². The van der Waals surface area contributed by atoms with Crippen molar-refractivity contribution < 1.29 is 13.9 Å². The van der Waals surface area contributed by atoms with Gasteiger partial charge in [-0.15, -0.1) is 10.2 Å². The fourth-order valence-electron chi connectivity index (χ4n) is 3.79. The first kappa shape index (κ1) is 17.8. The summed E-state index contributed by atoms with van der Waals surface area (Å²) in [5.41, 5.74) is 1.13. The summed E-state index contributed by atoms with van der Waals surface area (Å²) in [6.45, 7) is 2.63. The highest BCUT2D eigenvalue weighted by Gasteiger charge is 2.31. The van der Waals surface area contributed by atoms with E-state index in [1.54, 1.807) is 7.11 Å². The molecular weight excluding hydrogens is 354 g/mol. The van der Waals surface area contributed by atoms with Crippen molar-refractivity contribution in [1.82, 2.24) is 15.1 Å². The van der Waals surface area contributed by atoms with Crippen molar-refractivity contribution >= 4 is 11.6 Å². The number of fused-ring (bicyclic) bond motifs is 1. The number of methoxy groups -OCH3 is 1. The maximum absolute atomic E-state index is 6.08. The SMILES string of the molecule is COCCN1CCCCC1c1nnc(C2CCc3cc(Cl)ccc3O2)o1. The van der Waals surface area contributed by atoms with Gasteiger partial charge >= 0.3 is 0 Å². The molecule has 2 unspecified atom stereocenters. The minimum atomic E-state index is -0.194. The van der Waals surface area contributed by atoms with Crippen LogP contribution in [0.1, 0.15) is 55.2 Å². The molecule has 1 saturated heterocycles. The molecule has 140 valence electrons. The van der Waals surface area contributed by atoms with Gasteiger partial charge in [0.1, 0.15) is 5.75 Å². The Bertz CT molecular complexity index is 751. The molecule has 1 aromatic carbocycles. The molecule has 2 atom stereocenters. The van der Waals surface area contributed by atoms with Gasteiger partial charge in [0, 0.05) is 18.7 Å². The highest BCUT2D eigenvalue weighted by Crippen LogP contribution is 2.37. The molecule has 1 fully saturated rings. The van der Waals surface area contributed by atoms with E-state index >= 15 is 0 Å². The number of ether oxygens (including phenoxy) is 2. The average Bonchev–Trinajstić information content (AvgIpc) is 3.16. The smallest absolute Gasteiger partial charge is 0.257 e. The second-order valence-electron chi connectivity index (χ2n) is 6.92. The van der Waals surface area contributed by atoms with Crippen LogP contribution in [0.15, 0.2) is 22.6 Å². The van der Waals surface area contributed by atoms with Gasteiger partial charge in [-0.05, 0) is 56.0 Å². The molecule has 1 aromatic heterocycles. The number of nitrogens with zero attached hydrogens (tertiary/aromatic N) is 3. The molecule has 0 amide bonds. The molecule has 4 rings (SSSR count). The summed E-state index contributed by atoms with van der Waals surface area (Å²) in [5, 5.41) is 9.37. The normalized spacial score (nSPS) is 23.5. The van der Waals surface area contributed by atoms with Crippen LogP contribution in [0.25, 0.3) is 0 Å². The van der Waals surface area contributed by atoms with Crippen molar-refractivity contribution in [3.63, 3.8) is 0 Å². The molecule has 2 aliphatic heterocycles. The monoisotopic (exact) mass is 377 g/mol. The fourth-order valence-corrected chi connectivity index (χ4v) is 3.98. The summed E-state index contributed by atoms with van der Waals surface area (Å²) < 4.78 is 17.4. The lowest BCUT2D eigenvalue weighted by Crippen LogP contribution is -2.36. The number of halogens is 1. The van der Waals surface area contributed by atoms with E-state index in [9.17, 15) is 0 Å². The van der Waals surface area contributed by atoms with E-state index in [2.05, 4.69) is 15.1 Å². The number of aromatic nitrogens is 2. The summed E-state index contributed by atoms with van der Waals surface area (Å²) in [4.78, 5) is 2.38. The summed E-state index contributed by atoms with van der Waals surface area (Å²) >= 11 is 6.06. The summed E-state index contributed by atoms with van der Waals surface area (Å²) in [5.74, 6) is 2.11. The lowest BCUT2D eigenvalue weighted by atomic mass is 10.0. The third-order valence-electron chi connectivity index (χ3n) is 5.18. The molecular formula is C19H24ClN3O3. The number of likely N-dealkylation sites (tertiary alicyclic amines) is 1. The highest BCUT2D eigenvalue weighted by molar-refractivity contribution is 6.30. The Hall–Kier alpha value is -1.63. The van der Waals surface area contributed by atoms with Gasteiger partial charge < -0.3 is 13.9 Å². The fraction of sp³-hybridized carbons (Fsp3) is 0.579. The lowest BCUT2D eigenvalue weighted by molar-refractivity contribution is 0.0788. The molecule has 3 heterocycles. The first-order chi connectivity index (χ1) is 12.7. The maximum atomic E-state index is 6.08. The van der Waals surface area contributed by atoms with Gasteiger partial charge in [0.15, 0.2) is 6.10 Å². The second kappa shape index (κ2) is 7.94. The maximum Gasteiger partial charge on any atom is 0.257 e. The van der Waals surface area contributed by atoms with Gasteiger partial charge in [0.05, 0.1) is 12.6 Å². The Morgan fingerprint density at radius 1 is 1.23 bits per heavy atom. The predicted molar refractivity (Wildman–Crippen MR) is 97.5 cm³/mol. The van der Waals surface area contributed by atoms with E-state index in [1.807, 2.05) is 18.2 Å². The lowest BCUT2D eigenvalue weighted by Gasteiger charge is -2.33. The first-order valence-corrected chi connectivity index (χ1v) is 9.64. The van der Waals surface area contributed by atoms with Crippen LogP contribution in [0.5, 0.6) is 5.75 Å². The van der Waals surface area contributed by atoms with Crippen LogP contribution in [-0.2, 0) is 11.2 Å². The molecule has 6 nitrogen and oxygen atoms in total. The minimum absolute atomic E-state index is 0.176. The molecule has 26 heavy (non-hydrogen) atoms. The third kappa shape index (κ3) is 3.72. The molecule has 0 bridgehead atoms. The topological polar surface area (TPSA) is 60.6 Å². The molecule has 0 saturated carbocycles. The van der Waals surface area contributed by atoms with Crippen LogP contribution in [0, 0.1) is 0 Å². The number of rotatable bonds is 5. The molecule has 7 heteroatoms. The minimum Gasteiger partial charge on any atom is -0.480 e. The number of benzene rings is 1. The number of hydrogen-bond donors (Lipinski definition) is 0. The predicted octanol–water partition coefficient (Wildman–Crippen LogP) is 3.96. The summed E-state index contributed by atoms with van der Waals surface area (Å²) in [6, 6.07) is 5.89. The van der Waals surface area contributed by atoms with E-state index < -0.39 is 0 Å². The molecule has 2 aromatic rings. The first-order valence-electron chi connectivity index (χ1n) is 9.26. The van der Waals surface area contributed by atoms with Gasteiger partial charge in [0.25, 0.3) is 5.89 Å². The van der Waals surface area contributed by atoms with E-state index in [0.717, 1.165) is 48.7 Å². The van der Waals surface area contributed by atoms with Crippen LogP contribution in [0.2, 0.25) is 5.02 Å². The second-order valence-corrected chi connectivity index (χ2v) is 7.35. The Labute approximate surface area is 158 Å². The number of aryl methyl sites for hydroxylation is 1. The van der Waals surface area contributed by atoms with Crippen molar-refractivity contribution in [3.05, 3.63) is 40.6 Å². The van der Waals surface area contributed by atoms with E-state index in [-0.39, 0.29) is 12.1 Å². The standard InChI is InChI=1S/C19H24ClN3O3/c1-24-11-10-23-9-3-2-4-15(23)18-21-22-19(26-18)17-7-5-13-12-14(20)6-8-16(13)25-17/h6,8,12,15,17H,2-5,7,9-11H2,1H3. The zero-order valence-electron chi connectivity index (χ0n) is 15.0. The van der Waals surface area contributed by atoms with Crippen LogP contribution in [-0.4, -0.2) is 41.9 Å². The summed E-state index contributed by atoms with van der Waals surface area (Å²) in [6.07, 6.45) is 4.93. The van der Waals surface area contributed by atoms with Crippen molar-refractivity contribution in [3.8, 4) is 5.75 Å².